The number of dihydropyridines is 1. The summed E-state index contributed by atoms with van der Waals surface area (Å²) in [6, 6.07) is 0. The van der Waals surface area contributed by atoms with Crippen LogP contribution in [0.15, 0.2) is 47.9 Å². The second-order valence-corrected chi connectivity index (χ2v) is 3.62. The van der Waals surface area contributed by atoms with Crippen LogP contribution < -0.4 is 11.1 Å². The summed E-state index contributed by atoms with van der Waals surface area (Å²) in [7, 11) is 3.36. The van der Waals surface area contributed by atoms with Gasteiger partial charge in [-0.3, -0.25) is 0 Å². The zero-order valence-corrected chi connectivity index (χ0v) is 13.5. The topological polar surface area (TPSA) is 56.5 Å². The van der Waals surface area contributed by atoms with Crippen molar-refractivity contribution in [2.24, 2.45) is 5.73 Å². The van der Waals surface area contributed by atoms with Gasteiger partial charge in [-0.25, -0.2) is 0 Å². The van der Waals surface area contributed by atoms with Gasteiger partial charge in [0.2, 0.25) is 0 Å². The number of hydrogen-bond acceptors (Lipinski definition) is 4. The molecule has 0 aromatic rings. The van der Waals surface area contributed by atoms with Crippen LogP contribution >= 0.6 is 0 Å². The normalized spacial score (nSPS) is 13.7. The van der Waals surface area contributed by atoms with Gasteiger partial charge in [-0.1, -0.05) is 32.1 Å². The molecule has 0 aromatic carbocycles. The van der Waals surface area contributed by atoms with Gasteiger partial charge < -0.3 is 20.5 Å². The average molecular weight is 282 g/mol. The van der Waals surface area contributed by atoms with Crippen molar-refractivity contribution in [1.29, 1.82) is 0 Å². The van der Waals surface area contributed by atoms with Gasteiger partial charge in [0.1, 0.15) is 0 Å². The van der Waals surface area contributed by atoms with E-state index < -0.39 is 0 Å². The highest BCUT2D eigenvalue weighted by molar-refractivity contribution is 5.22. The van der Waals surface area contributed by atoms with E-state index in [0.29, 0.717) is 13.2 Å². The second kappa shape index (κ2) is 17.5. The Kier molecular flexibility index (Phi) is 18.2. The second-order valence-electron chi connectivity index (χ2n) is 3.62. The first kappa shape index (κ1) is 20.8. The van der Waals surface area contributed by atoms with Crippen molar-refractivity contribution in [3.63, 3.8) is 0 Å². The maximum absolute atomic E-state index is 5.16. The van der Waals surface area contributed by atoms with Crippen LogP contribution in [0.2, 0.25) is 0 Å². The van der Waals surface area contributed by atoms with E-state index in [1.807, 2.05) is 39.1 Å². The zero-order valence-electron chi connectivity index (χ0n) is 13.5. The number of ether oxygens (including phenoxy) is 2. The Labute approximate surface area is 124 Å². The molecule has 0 aliphatic carbocycles. The van der Waals surface area contributed by atoms with E-state index in [9.17, 15) is 0 Å². The van der Waals surface area contributed by atoms with E-state index in [-0.39, 0.29) is 0 Å². The van der Waals surface area contributed by atoms with Crippen LogP contribution in [-0.2, 0) is 9.47 Å². The van der Waals surface area contributed by atoms with E-state index >= 15 is 0 Å². The van der Waals surface area contributed by atoms with Gasteiger partial charge in [-0.05, 0) is 30.3 Å². The molecular weight excluding hydrogens is 252 g/mol. The first-order valence-corrected chi connectivity index (χ1v) is 6.88. The molecule has 0 spiro atoms. The minimum absolute atomic E-state index is 0.629. The van der Waals surface area contributed by atoms with E-state index in [1.54, 1.807) is 14.2 Å². The largest absolute Gasteiger partial charge is 0.405 e. The number of methoxy groups -OCH3 is 2. The van der Waals surface area contributed by atoms with Gasteiger partial charge in [-0.15, -0.1) is 0 Å². The number of hydrogen-bond donors (Lipinski definition) is 2. The van der Waals surface area contributed by atoms with Gasteiger partial charge in [0.25, 0.3) is 0 Å². The minimum atomic E-state index is 0.629. The fourth-order valence-corrected chi connectivity index (χ4v) is 1.29. The van der Waals surface area contributed by atoms with Crippen molar-refractivity contribution in [1.82, 2.24) is 5.32 Å². The van der Waals surface area contributed by atoms with E-state index in [2.05, 4.69) is 17.5 Å². The van der Waals surface area contributed by atoms with Crippen molar-refractivity contribution in [3.8, 4) is 0 Å². The third kappa shape index (κ3) is 12.9. The van der Waals surface area contributed by atoms with Gasteiger partial charge >= 0.3 is 0 Å². The molecule has 4 heteroatoms. The molecule has 0 unspecified atom stereocenters. The molecule has 0 atom stereocenters. The number of nitrogens with one attached hydrogen (secondary N) is 1. The Bertz CT molecular complexity index is 312. The van der Waals surface area contributed by atoms with E-state index in [1.165, 1.54) is 11.8 Å². The van der Waals surface area contributed by atoms with Crippen LogP contribution in [-0.4, -0.2) is 34.0 Å². The predicted octanol–water partition coefficient (Wildman–Crippen LogP) is 2.75. The SMILES string of the molecule is C/C=C(\C=C/N)COC.CC.COCC1=CNCC=C1. The number of rotatable bonds is 5. The van der Waals surface area contributed by atoms with Crippen molar-refractivity contribution in [2.45, 2.75) is 20.8 Å². The molecule has 0 fully saturated rings. The fourth-order valence-electron chi connectivity index (χ4n) is 1.29. The monoisotopic (exact) mass is 282 g/mol. The molecular formula is C16H30N2O2. The molecule has 0 saturated carbocycles. The maximum Gasteiger partial charge on any atom is 0.0726 e. The molecule has 4 nitrogen and oxygen atoms in total. The van der Waals surface area contributed by atoms with Gasteiger partial charge in [0.15, 0.2) is 0 Å². The predicted molar refractivity (Wildman–Crippen MR) is 87.4 cm³/mol. The summed E-state index contributed by atoms with van der Waals surface area (Å²) in [6.07, 6.45) is 11.4. The van der Waals surface area contributed by atoms with Crippen LogP contribution in [0.3, 0.4) is 0 Å². The lowest BCUT2D eigenvalue weighted by atomic mass is 10.2. The average Bonchev–Trinajstić information content (AvgIpc) is 2.51. The fraction of sp³-hybridized carbons (Fsp3) is 0.500. The molecule has 0 saturated heterocycles. The van der Waals surface area contributed by atoms with Crippen LogP contribution in [0, 0.1) is 0 Å². The van der Waals surface area contributed by atoms with Crippen molar-refractivity contribution in [3.05, 3.63) is 47.9 Å². The summed E-state index contributed by atoms with van der Waals surface area (Å²) in [6.45, 7) is 8.22. The molecule has 0 bridgehead atoms. The Morgan fingerprint density at radius 1 is 1.35 bits per heavy atom. The summed E-state index contributed by atoms with van der Waals surface area (Å²) in [5.41, 5.74) is 7.45. The van der Waals surface area contributed by atoms with Gasteiger partial charge in [-0.2, -0.15) is 0 Å². The highest BCUT2D eigenvalue weighted by Gasteiger charge is 1.92. The Morgan fingerprint density at radius 2 is 2.05 bits per heavy atom. The van der Waals surface area contributed by atoms with Gasteiger partial charge in [0, 0.05) is 27.0 Å². The molecule has 116 valence electrons. The lowest BCUT2D eigenvalue weighted by molar-refractivity contribution is 0.227. The highest BCUT2D eigenvalue weighted by atomic mass is 16.5. The zero-order chi connectivity index (χ0) is 15.6. The van der Waals surface area contributed by atoms with Crippen molar-refractivity contribution in [2.75, 3.05) is 34.0 Å². The smallest absolute Gasteiger partial charge is 0.0726 e. The van der Waals surface area contributed by atoms with E-state index in [4.69, 9.17) is 15.2 Å². The van der Waals surface area contributed by atoms with E-state index in [0.717, 1.165) is 12.1 Å². The molecule has 0 aromatic heterocycles. The molecule has 3 N–H and O–H groups in total. The first-order valence-electron chi connectivity index (χ1n) is 6.88. The van der Waals surface area contributed by atoms with Crippen molar-refractivity contribution >= 4 is 0 Å². The summed E-state index contributed by atoms with van der Waals surface area (Å²) in [5, 5.41) is 3.09. The summed E-state index contributed by atoms with van der Waals surface area (Å²) < 4.78 is 9.79. The quantitative estimate of drug-likeness (QED) is 0.761. The highest BCUT2D eigenvalue weighted by Crippen LogP contribution is 1.98. The van der Waals surface area contributed by atoms with Gasteiger partial charge in [0.05, 0.1) is 13.2 Å². The number of nitrogens with two attached hydrogens (primary N) is 1. The lowest BCUT2D eigenvalue weighted by Crippen LogP contribution is -2.10. The molecule has 1 heterocycles. The number of allylic oxidation sites excluding steroid dienone is 1. The third-order valence-electron chi connectivity index (χ3n) is 2.16. The Balaban J connectivity index is 0. The first-order chi connectivity index (χ1) is 9.78. The molecule has 1 aliphatic heterocycles. The lowest BCUT2D eigenvalue weighted by Gasteiger charge is -2.06. The van der Waals surface area contributed by atoms with Crippen LogP contribution in [0.1, 0.15) is 20.8 Å². The third-order valence-corrected chi connectivity index (χ3v) is 2.16. The molecule has 0 radical (unpaired) electrons. The molecule has 0 amide bonds. The summed E-state index contributed by atoms with van der Waals surface area (Å²) in [5.74, 6) is 0. The standard InChI is InChI=1S/C7H11NO.C7H13NO.C2H6/c1-9-6-7-3-2-4-8-5-7;1-3-7(4-5-8)6-9-2;1-2/h2-3,5,8H,4,6H2,1H3;3-5H,6,8H2,1-2H3;1-2H3/b;5-4-,7-3+;. The molecule has 1 rings (SSSR count). The van der Waals surface area contributed by atoms with Crippen molar-refractivity contribution < 1.29 is 9.47 Å². The summed E-state index contributed by atoms with van der Waals surface area (Å²) >= 11 is 0. The maximum atomic E-state index is 5.16. The van der Waals surface area contributed by atoms with Crippen LogP contribution in [0.5, 0.6) is 0 Å². The molecule has 1 aliphatic rings. The Morgan fingerprint density at radius 3 is 2.45 bits per heavy atom. The van der Waals surface area contributed by atoms with Crippen LogP contribution in [0.4, 0.5) is 0 Å². The van der Waals surface area contributed by atoms with Crippen LogP contribution in [0.25, 0.3) is 0 Å². The molecule has 20 heavy (non-hydrogen) atoms. The minimum Gasteiger partial charge on any atom is -0.405 e. The summed E-state index contributed by atoms with van der Waals surface area (Å²) in [4.78, 5) is 0. The Hall–Kier alpha value is -1.52.